The Labute approximate surface area is 155 Å². The minimum atomic E-state index is -4.40. The second-order valence-electron chi connectivity index (χ2n) is 6.47. The van der Waals surface area contributed by atoms with Crippen molar-refractivity contribution in [1.82, 2.24) is 0 Å². The zero-order chi connectivity index (χ0) is 19.4. The summed E-state index contributed by atoms with van der Waals surface area (Å²) < 4.78 is 44.2. The van der Waals surface area contributed by atoms with E-state index in [9.17, 15) is 18.0 Å². The molecule has 4 nitrogen and oxygen atoms in total. The minimum absolute atomic E-state index is 0.0819. The van der Waals surface area contributed by atoms with E-state index >= 15 is 0 Å². The maximum atomic E-state index is 13.0. The molecule has 2 aromatic carbocycles. The predicted octanol–water partition coefficient (Wildman–Crippen LogP) is 4.63. The molecule has 1 aliphatic rings. The van der Waals surface area contributed by atoms with Gasteiger partial charge in [0, 0.05) is 31.5 Å². The molecule has 1 unspecified atom stereocenters. The van der Waals surface area contributed by atoms with Gasteiger partial charge in [0.1, 0.15) is 0 Å². The number of carbonyl (C=O) groups excluding carboxylic acids is 1. The highest BCUT2D eigenvalue weighted by molar-refractivity contribution is 5.95. The molecule has 0 saturated carbocycles. The quantitative estimate of drug-likeness (QED) is 0.797. The summed E-state index contributed by atoms with van der Waals surface area (Å²) in [6.45, 7) is 0.881. The summed E-state index contributed by atoms with van der Waals surface area (Å²) in [6, 6.07) is 12.1. The summed E-state index contributed by atoms with van der Waals surface area (Å²) in [5.41, 5.74) is 1.28. The Morgan fingerprint density at radius 3 is 2.63 bits per heavy atom. The van der Waals surface area contributed by atoms with Crippen molar-refractivity contribution in [2.75, 3.05) is 30.5 Å². The summed E-state index contributed by atoms with van der Waals surface area (Å²) in [7, 11) is 1.50. The fourth-order valence-electron chi connectivity index (χ4n) is 3.21. The molecule has 0 bridgehead atoms. The number of nitrogens with zero attached hydrogens (tertiary/aromatic N) is 1. The third kappa shape index (κ3) is 4.60. The molecule has 1 aliphatic heterocycles. The highest BCUT2D eigenvalue weighted by Gasteiger charge is 2.31. The number of hydrogen-bond donors (Lipinski definition) is 1. The molecule has 1 heterocycles. The van der Waals surface area contributed by atoms with Crippen LogP contribution in [0.1, 0.15) is 30.0 Å². The maximum absolute atomic E-state index is 13.0. The molecule has 144 valence electrons. The van der Waals surface area contributed by atoms with Crippen molar-refractivity contribution in [3.8, 4) is 0 Å². The fourth-order valence-corrected chi connectivity index (χ4v) is 3.21. The molecule has 1 fully saturated rings. The lowest BCUT2D eigenvalue weighted by atomic mass is 10.0. The van der Waals surface area contributed by atoms with Crippen LogP contribution in [0.5, 0.6) is 0 Å². The summed E-state index contributed by atoms with van der Waals surface area (Å²) in [5, 5.41) is 3.22. The van der Waals surface area contributed by atoms with Crippen molar-refractivity contribution >= 4 is 17.3 Å². The van der Waals surface area contributed by atoms with Gasteiger partial charge in [-0.3, -0.25) is 4.79 Å². The number of alkyl halides is 3. The monoisotopic (exact) mass is 378 g/mol. The second kappa shape index (κ2) is 8.00. The Morgan fingerprint density at radius 2 is 1.96 bits per heavy atom. The van der Waals surface area contributed by atoms with Crippen molar-refractivity contribution in [3.63, 3.8) is 0 Å². The highest BCUT2D eigenvalue weighted by Crippen LogP contribution is 2.32. The summed E-state index contributed by atoms with van der Waals surface area (Å²) in [5.74, 6) is 0.0819. The number of anilines is 2. The van der Waals surface area contributed by atoms with Crippen molar-refractivity contribution in [2.24, 2.45) is 0 Å². The normalized spacial score (nSPS) is 15.9. The van der Waals surface area contributed by atoms with Gasteiger partial charge in [-0.15, -0.1) is 0 Å². The molecule has 0 radical (unpaired) electrons. The Balaban J connectivity index is 1.84. The third-order valence-corrected chi connectivity index (χ3v) is 4.52. The summed E-state index contributed by atoms with van der Waals surface area (Å²) in [4.78, 5) is 13.7. The lowest BCUT2D eigenvalue weighted by Crippen LogP contribution is -2.24. The molecule has 0 aromatic heterocycles. The van der Waals surface area contributed by atoms with Crippen LogP contribution in [0.4, 0.5) is 24.5 Å². The van der Waals surface area contributed by atoms with Crippen molar-refractivity contribution < 1.29 is 22.7 Å². The zero-order valence-corrected chi connectivity index (χ0v) is 14.9. The Morgan fingerprint density at radius 1 is 1.19 bits per heavy atom. The van der Waals surface area contributed by atoms with Crippen molar-refractivity contribution in [2.45, 2.75) is 25.1 Å². The van der Waals surface area contributed by atoms with E-state index in [0.29, 0.717) is 24.2 Å². The van der Waals surface area contributed by atoms with Crippen LogP contribution in [0.3, 0.4) is 0 Å². The molecule has 27 heavy (non-hydrogen) atoms. The van der Waals surface area contributed by atoms with Gasteiger partial charge in [0.15, 0.2) is 0 Å². The lowest BCUT2D eigenvalue weighted by Gasteiger charge is -2.22. The molecule has 0 aliphatic carbocycles. The third-order valence-electron chi connectivity index (χ3n) is 4.52. The predicted molar refractivity (Wildman–Crippen MR) is 97.7 cm³/mol. The summed E-state index contributed by atoms with van der Waals surface area (Å²) >= 11 is 0. The lowest BCUT2D eigenvalue weighted by molar-refractivity contribution is -0.137. The average molecular weight is 378 g/mol. The van der Waals surface area contributed by atoms with Crippen LogP contribution in [0.2, 0.25) is 0 Å². The number of hydrogen-bond acceptors (Lipinski definition) is 3. The first-order valence-corrected chi connectivity index (χ1v) is 8.71. The van der Waals surface area contributed by atoms with Crippen LogP contribution >= 0.6 is 0 Å². The van der Waals surface area contributed by atoms with Gasteiger partial charge in [0.2, 0.25) is 5.91 Å². The zero-order valence-electron chi connectivity index (χ0n) is 14.9. The van der Waals surface area contributed by atoms with E-state index in [1.807, 2.05) is 24.3 Å². The van der Waals surface area contributed by atoms with Gasteiger partial charge in [0.25, 0.3) is 0 Å². The van der Waals surface area contributed by atoms with E-state index in [1.165, 1.54) is 13.2 Å². The Bertz CT molecular complexity index is 808. The fraction of sp³-hybridized carbons (Fsp3) is 0.350. The molecular weight excluding hydrogens is 357 g/mol. The van der Waals surface area contributed by atoms with Gasteiger partial charge in [-0.25, -0.2) is 0 Å². The number of amides is 1. The molecule has 3 rings (SSSR count). The van der Waals surface area contributed by atoms with E-state index < -0.39 is 17.8 Å². The van der Waals surface area contributed by atoms with Gasteiger partial charge in [-0.05, 0) is 42.3 Å². The highest BCUT2D eigenvalue weighted by atomic mass is 19.4. The van der Waals surface area contributed by atoms with Gasteiger partial charge >= 0.3 is 6.18 Å². The topological polar surface area (TPSA) is 41.6 Å². The van der Waals surface area contributed by atoms with E-state index in [1.54, 1.807) is 11.0 Å². The largest absolute Gasteiger partial charge is 0.416 e. The number of halogens is 3. The first kappa shape index (κ1) is 19.2. The molecule has 1 atom stereocenters. The van der Waals surface area contributed by atoms with Gasteiger partial charge < -0.3 is 15.0 Å². The standard InChI is InChI=1S/C20H21F3N2O2/c1-27-13-18(14-5-2-6-15(11-14)20(21,22)23)24-16-7-3-8-17(12-16)25-10-4-9-19(25)26/h2-3,5-8,11-12,18,24H,4,9-10,13H2,1H3. The minimum Gasteiger partial charge on any atom is -0.382 e. The number of methoxy groups -OCH3 is 1. The average Bonchev–Trinajstić information content (AvgIpc) is 3.07. The molecule has 1 saturated heterocycles. The van der Waals surface area contributed by atoms with Gasteiger partial charge in [-0.1, -0.05) is 18.2 Å². The smallest absolute Gasteiger partial charge is 0.382 e. The van der Waals surface area contributed by atoms with Crippen molar-refractivity contribution in [3.05, 3.63) is 59.7 Å². The molecule has 1 amide bonds. The molecule has 1 N–H and O–H groups in total. The molecule has 7 heteroatoms. The number of rotatable bonds is 6. The van der Waals surface area contributed by atoms with Crippen LogP contribution in [-0.2, 0) is 15.7 Å². The van der Waals surface area contributed by atoms with E-state index in [4.69, 9.17) is 4.74 Å². The first-order chi connectivity index (χ1) is 12.9. The van der Waals surface area contributed by atoms with E-state index in [0.717, 1.165) is 24.2 Å². The van der Waals surface area contributed by atoms with Crippen LogP contribution in [0.15, 0.2) is 48.5 Å². The second-order valence-corrected chi connectivity index (χ2v) is 6.47. The molecule has 2 aromatic rings. The van der Waals surface area contributed by atoms with Crippen LogP contribution in [-0.4, -0.2) is 26.2 Å². The number of ether oxygens (including phenoxy) is 1. The first-order valence-electron chi connectivity index (χ1n) is 8.71. The van der Waals surface area contributed by atoms with Crippen LogP contribution in [0, 0.1) is 0 Å². The van der Waals surface area contributed by atoms with Gasteiger partial charge in [0.05, 0.1) is 18.2 Å². The maximum Gasteiger partial charge on any atom is 0.416 e. The summed E-state index contributed by atoms with van der Waals surface area (Å²) in [6.07, 6.45) is -3.04. The Kier molecular flexibility index (Phi) is 5.70. The number of nitrogens with one attached hydrogen (secondary N) is 1. The van der Waals surface area contributed by atoms with E-state index in [-0.39, 0.29) is 12.5 Å². The molecule has 0 spiro atoms. The number of benzene rings is 2. The number of carbonyl (C=O) groups is 1. The van der Waals surface area contributed by atoms with E-state index in [2.05, 4.69) is 5.32 Å². The van der Waals surface area contributed by atoms with Crippen molar-refractivity contribution in [1.29, 1.82) is 0 Å². The Hall–Kier alpha value is -2.54. The van der Waals surface area contributed by atoms with Gasteiger partial charge in [-0.2, -0.15) is 13.2 Å². The SMILES string of the molecule is COCC(Nc1cccc(N2CCCC2=O)c1)c1cccc(C(F)(F)F)c1. The molecular formula is C20H21F3N2O2. The van der Waals surface area contributed by atoms with Crippen LogP contribution < -0.4 is 10.2 Å². The van der Waals surface area contributed by atoms with Crippen LogP contribution in [0.25, 0.3) is 0 Å².